The molecule has 0 fully saturated rings. The Balaban J connectivity index is 3.06. The fourth-order valence-corrected chi connectivity index (χ4v) is 3.30. The van der Waals surface area contributed by atoms with Crippen LogP contribution in [0, 0.1) is 18.8 Å². The van der Waals surface area contributed by atoms with Gasteiger partial charge in [-0.05, 0) is 31.5 Å². The van der Waals surface area contributed by atoms with Crippen molar-refractivity contribution in [1.82, 2.24) is 4.72 Å². The summed E-state index contributed by atoms with van der Waals surface area (Å²) < 4.78 is 32.2. The van der Waals surface area contributed by atoms with Gasteiger partial charge in [-0.25, -0.2) is 13.1 Å². The first-order valence-corrected chi connectivity index (χ1v) is 8.10. The van der Waals surface area contributed by atoms with Crippen molar-refractivity contribution in [3.63, 3.8) is 0 Å². The van der Waals surface area contributed by atoms with Gasteiger partial charge >= 0.3 is 0 Å². The minimum Gasteiger partial charge on any atom is -0.395 e. The van der Waals surface area contributed by atoms with Gasteiger partial charge in [0.15, 0.2) is 0 Å². The van der Waals surface area contributed by atoms with E-state index in [1.165, 1.54) is 7.11 Å². The van der Waals surface area contributed by atoms with Crippen LogP contribution in [0.4, 0.5) is 0 Å². The van der Waals surface area contributed by atoms with Crippen LogP contribution in [0.3, 0.4) is 0 Å². The second kappa shape index (κ2) is 8.15. The van der Waals surface area contributed by atoms with Gasteiger partial charge in [0.2, 0.25) is 10.0 Å². The summed E-state index contributed by atoms with van der Waals surface area (Å²) in [5, 5.41) is 8.70. The summed E-state index contributed by atoms with van der Waals surface area (Å²) in [6, 6.07) is 4.71. The van der Waals surface area contributed by atoms with E-state index in [9.17, 15) is 8.42 Å². The Morgan fingerprint density at radius 1 is 1.43 bits per heavy atom. The Morgan fingerprint density at radius 3 is 2.76 bits per heavy atom. The maximum Gasteiger partial charge on any atom is 0.241 e. The third-order valence-corrected chi connectivity index (χ3v) is 4.45. The fourth-order valence-electron chi connectivity index (χ4n) is 1.80. The van der Waals surface area contributed by atoms with E-state index in [4.69, 9.17) is 9.84 Å². The maximum absolute atomic E-state index is 12.4. The number of benzene rings is 1. The lowest BCUT2D eigenvalue weighted by atomic mass is 10.1. The van der Waals surface area contributed by atoms with Gasteiger partial charge in [-0.3, -0.25) is 0 Å². The van der Waals surface area contributed by atoms with E-state index in [0.717, 1.165) is 0 Å². The van der Waals surface area contributed by atoms with Crippen LogP contribution in [0.25, 0.3) is 0 Å². The molecule has 21 heavy (non-hydrogen) atoms. The largest absolute Gasteiger partial charge is 0.395 e. The van der Waals surface area contributed by atoms with Crippen molar-refractivity contribution >= 4 is 10.0 Å². The van der Waals surface area contributed by atoms with Gasteiger partial charge in [-0.15, -0.1) is 0 Å². The van der Waals surface area contributed by atoms with Gasteiger partial charge in [0, 0.05) is 25.1 Å². The molecule has 0 bridgehead atoms. The molecule has 0 aliphatic rings. The van der Waals surface area contributed by atoms with Gasteiger partial charge in [-0.2, -0.15) is 0 Å². The van der Waals surface area contributed by atoms with Gasteiger partial charge in [0.05, 0.1) is 18.1 Å². The minimum atomic E-state index is -3.61. The summed E-state index contributed by atoms with van der Waals surface area (Å²) >= 11 is 0. The van der Waals surface area contributed by atoms with E-state index < -0.39 is 10.0 Å². The molecule has 1 unspecified atom stereocenters. The number of aryl methyl sites for hydroxylation is 1. The molecule has 0 saturated carbocycles. The maximum atomic E-state index is 12.4. The van der Waals surface area contributed by atoms with Crippen molar-refractivity contribution in [2.75, 3.05) is 20.3 Å². The molecule has 0 saturated heterocycles. The number of aliphatic hydroxyl groups excluding tert-OH is 1. The van der Waals surface area contributed by atoms with Crippen LogP contribution < -0.4 is 4.72 Å². The average Bonchev–Trinajstić information content (AvgIpc) is 2.40. The molecular weight excluding hydrogens is 290 g/mol. The standard InChI is InChI=1S/C15H21NO4S/c1-12-7-8-14(6-4-5-9-17)10-15(12)21(18,19)16-13(2)11-20-3/h7-8,10,13,16-17H,5,9,11H2,1-3H3. The van der Waals surface area contributed by atoms with Crippen molar-refractivity contribution in [2.45, 2.75) is 31.2 Å². The molecule has 0 amide bonds. The van der Waals surface area contributed by atoms with Gasteiger partial charge < -0.3 is 9.84 Å². The zero-order chi connectivity index (χ0) is 15.9. The summed E-state index contributed by atoms with van der Waals surface area (Å²) in [6.07, 6.45) is 0.360. The topological polar surface area (TPSA) is 75.6 Å². The number of ether oxygens (including phenoxy) is 1. The normalized spacial score (nSPS) is 12.6. The van der Waals surface area contributed by atoms with Crippen molar-refractivity contribution in [1.29, 1.82) is 0 Å². The molecule has 1 rings (SSSR count). The lowest BCUT2D eigenvalue weighted by Crippen LogP contribution is -2.35. The Labute approximate surface area is 126 Å². The van der Waals surface area contributed by atoms with Crippen molar-refractivity contribution in [3.8, 4) is 11.8 Å². The van der Waals surface area contributed by atoms with E-state index in [1.54, 1.807) is 32.0 Å². The Morgan fingerprint density at radius 2 is 2.14 bits per heavy atom. The highest BCUT2D eigenvalue weighted by atomic mass is 32.2. The van der Waals surface area contributed by atoms with Crippen molar-refractivity contribution < 1.29 is 18.3 Å². The monoisotopic (exact) mass is 311 g/mol. The lowest BCUT2D eigenvalue weighted by molar-refractivity contribution is 0.180. The second-order valence-corrected chi connectivity index (χ2v) is 6.42. The molecule has 1 aromatic carbocycles. The summed E-state index contributed by atoms with van der Waals surface area (Å²) in [6.45, 7) is 3.76. The quantitative estimate of drug-likeness (QED) is 0.770. The van der Waals surface area contributed by atoms with Crippen LogP contribution in [0.5, 0.6) is 0 Å². The van der Waals surface area contributed by atoms with Crippen LogP contribution in [0.15, 0.2) is 23.1 Å². The van der Waals surface area contributed by atoms with E-state index in [-0.39, 0.29) is 17.5 Å². The number of hydrogen-bond acceptors (Lipinski definition) is 4. The van der Waals surface area contributed by atoms with E-state index in [2.05, 4.69) is 16.6 Å². The first-order valence-electron chi connectivity index (χ1n) is 6.62. The first-order chi connectivity index (χ1) is 9.90. The Hall–Kier alpha value is -1.39. The molecular formula is C15H21NO4S. The molecule has 1 atom stereocenters. The van der Waals surface area contributed by atoms with Gasteiger partial charge in [0.25, 0.3) is 0 Å². The van der Waals surface area contributed by atoms with Crippen LogP contribution in [0.1, 0.15) is 24.5 Å². The number of nitrogens with one attached hydrogen (secondary N) is 1. The van der Waals surface area contributed by atoms with E-state index in [0.29, 0.717) is 24.2 Å². The number of methoxy groups -OCH3 is 1. The average molecular weight is 311 g/mol. The first kappa shape index (κ1) is 17.7. The zero-order valence-corrected chi connectivity index (χ0v) is 13.3. The zero-order valence-electron chi connectivity index (χ0n) is 12.5. The van der Waals surface area contributed by atoms with Gasteiger partial charge in [-0.1, -0.05) is 17.9 Å². The van der Waals surface area contributed by atoms with E-state index in [1.807, 2.05) is 0 Å². The Kier molecular flexibility index (Phi) is 6.85. The summed E-state index contributed by atoms with van der Waals surface area (Å²) in [7, 11) is -2.09. The van der Waals surface area contributed by atoms with Crippen molar-refractivity contribution in [3.05, 3.63) is 29.3 Å². The number of sulfonamides is 1. The third-order valence-electron chi connectivity index (χ3n) is 2.72. The van der Waals surface area contributed by atoms with Crippen molar-refractivity contribution in [2.24, 2.45) is 0 Å². The number of aliphatic hydroxyl groups is 1. The SMILES string of the molecule is COCC(C)NS(=O)(=O)c1cc(C#CCCO)ccc1C. The Bertz CT molecular complexity index is 629. The minimum absolute atomic E-state index is 0.0138. The smallest absolute Gasteiger partial charge is 0.241 e. The highest BCUT2D eigenvalue weighted by Crippen LogP contribution is 2.17. The molecule has 116 valence electrons. The summed E-state index contributed by atoms with van der Waals surface area (Å²) in [4.78, 5) is 0.209. The van der Waals surface area contributed by atoms with Gasteiger partial charge in [0.1, 0.15) is 0 Å². The van der Waals surface area contributed by atoms with Crippen LogP contribution in [-0.4, -0.2) is 39.9 Å². The molecule has 0 aliphatic carbocycles. The molecule has 0 aromatic heterocycles. The summed E-state index contributed by atoms with van der Waals surface area (Å²) in [5.74, 6) is 5.61. The molecule has 0 radical (unpaired) electrons. The van der Waals surface area contributed by atoms with E-state index >= 15 is 0 Å². The predicted molar refractivity (Wildman–Crippen MR) is 81.4 cm³/mol. The van der Waals surface area contributed by atoms with Crippen LogP contribution in [0.2, 0.25) is 0 Å². The summed E-state index contributed by atoms with van der Waals surface area (Å²) in [5.41, 5.74) is 1.26. The third kappa shape index (κ3) is 5.48. The molecule has 6 heteroatoms. The predicted octanol–water partition coefficient (Wildman–Crippen LogP) is 1.04. The van der Waals surface area contributed by atoms with Crippen LogP contribution >= 0.6 is 0 Å². The fraction of sp³-hybridized carbons (Fsp3) is 0.467. The highest BCUT2D eigenvalue weighted by molar-refractivity contribution is 7.89. The lowest BCUT2D eigenvalue weighted by Gasteiger charge is -2.14. The van der Waals surface area contributed by atoms with Crippen LogP contribution in [-0.2, 0) is 14.8 Å². The molecule has 1 aromatic rings. The highest BCUT2D eigenvalue weighted by Gasteiger charge is 2.19. The number of hydrogen-bond donors (Lipinski definition) is 2. The molecule has 0 aliphatic heterocycles. The number of rotatable bonds is 6. The molecule has 2 N–H and O–H groups in total. The molecule has 0 spiro atoms. The molecule has 5 nitrogen and oxygen atoms in total. The second-order valence-electron chi connectivity index (χ2n) is 4.73. The molecule has 0 heterocycles.